The van der Waals surface area contributed by atoms with Gasteiger partial charge in [0.1, 0.15) is 5.01 Å². The van der Waals surface area contributed by atoms with E-state index in [1.165, 1.54) is 0 Å². The maximum Gasteiger partial charge on any atom is 0.310 e. The van der Waals surface area contributed by atoms with Crippen LogP contribution in [0.25, 0.3) is 0 Å². The Hall–Kier alpha value is -1.43. The fourth-order valence-electron chi connectivity index (χ4n) is 2.93. The molecule has 0 bridgehead atoms. The van der Waals surface area contributed by atoms with E-state index in [0.717, 1.165) is 30.0 Å². The molecule has 114 valence electrons. The highest BCUT2D eigenvalue weighted by Gasteiger charge is 2.46. The van der Waals surface area contributed by atoms with Crippen molar-refractivity contribution < 1.29 is 14.7 Å². The lowest BCUT2D eigenvalue weighted by Crippen LogP contribution is -2.43. The number of amides is 1. The second-order valence-electron chi connectivity index (χ2n) is 6.33. The number of hydrogen-bond acceptors (Lipinski definition) is 4. The highest BCUT2D eigenvalue weighted by atomic mass is 32.1. The van der Waals surface area contributed by atoms with E-state index in [4.69, 9.17) is 0 Å². The molecule has 2 fully saturated rings. The minimum absolute atomic E-state index is 0.0397. The van der Waals surface area contributed by atoms with Crippen LogP contribution in [0.15, 0.2) is 5.38 Å². The Bertz CT molecular complexity index is 561. The lowest BCUT2D eigenvalue weighted by Gasteiger charge is -2.37. The van der Waals surface area contributed by atoms with Crippen LogP contribution in [-0.4, -0.2) is 22.0 Å². The van der Waals surface area contributed by atoms with E-state index in [0.29, 0.717) is 18.8 Å². The van der Waals surface area contributed by atoms with E-state index < -0.39 is 11.4 Å². The molecule has 1 aromatic heterocycles. The lowest BCUT2D eigenvalue weighted by atomic mass is 9.66. The monoisotopic (exact) mass is 308 g/mol. The summed E-state index contributed by atoms with van der Waals surface area (Å²) in [7, 11) is 0. The first-order valence-corrected chi connectivity index (χ1v) is 8.33. The SMILES string of the molecule is Cc1csc(C(NC(=O)CC2(C(=O)O)CCC2)C2CC2)n1. The van der Waals surface area contributed by atoms with Gasteiger partial charge in [0.25, 0.3) is 0 Å². The summed E-state index contributed by atoms with van der Waals surface area (Å²) in [5.41, 5.74) is 0.146. The van der Waals surface area contributed by atoms with Gasteiger partial charge in [-0.3, -0.25) is 9.59 Å². The Kier molecular flexibility index (Phi) is 3.73. The zero-order valence-electron chi connectivity index (χ0n) is 12.1. The molecule has 0 spiro atoms. The molecule has 3 rings (SSSR count). The molecule has 1 heterocycles. The fraction of sp³-hybridized carbons (Fsp3) is 0.667. The van der Waals surface area contributed by atoms with Gasteiger partial charge in [-0.2, -0.15) is 0 Å². The van der Waals surface area contributed by atoms with Crippen molar-refractivity contribution in [2.45, 2.75) is 51.5 Å². The number of aryl methyl sites for hydroxylation is 1. The van der Waals surface area contributed by atoms with Gasteiger partial charge >= 0.3 is 5.97 Å². The molecule has 2 aliphatic rings. The van der Waals surface area contributed by atoms with Gasteiger partial charge in [-0.05, 0) is 38.5 Å². The third-order valence-electron chi connectivity index (χ3n) is 4.58. The summed E-state index contributed by atoms with van der Waals surface area (Å²) in [6.45, 7) is 1.94. The first-order chi connectivity index (χ1) is 10.00. The number of hydrogen-bond donors (Lipinski definition) is 2. The predicted molar refractivity (Wildman–Crippen MR) is 79.0 cm³/mol. The summed E-state index contributed by atoms with van der Waals surface area (Å²) in [5, 5.41) is 15.3. The fourth-order valence-corrected chi connectivity index (χ4v) is 3.87. The van der Waals surface area contributed by atoms with Crippen LogP contribution in [0.1, 0.15) is 55.3 Å². The highest BCUT2D eigenvalue weighted by molar-refractivity contribution is 7.09. The number of rotatable bonds is 6. The number of carboxylic acid groups (broad SMARTS) is 1. The topological polar surface area (TPSA) is 79.3 Å². The number of aromatic nitrogens is 1. The molecule has 2 N–H and O–H groups in total. The molecule has 5 nitrogen and oxygen atoms in total. The number of carbonyl (C=O) groups excluding carboxylic acids is 1. The maximum absolute atomic E-state index is 12.3. The summed E-state index contributed by atoms with van der Waals surface area (Å²) < 4.78 is 0. The molecule has 1 atom stereocenters. The minimum Gasteiger partial charge on any atom is -0.481 e. The Morgan fingerprint density at radius 3 is 2.67 bits per heavy atom. The van der Waals surface area contributed by atoms with Crippen molar-refractivity contribution in [2.24, 2.45) is 11.3 Å². The average Bonchev–Trinajstić information content (AvgIpc) is 3.13. The molecule has 0 saturated heterocycles. The normalized spacial score (nSPS) is 21.4. The van der Waals surface area contributed by atoms with Crippen LogP contribution in [0.3, 0.4) is 0 Å². The van der Waals surface area contributed by atoms with Crippen molar-refractivity contribution in [3.8, 4) is 0 Å². The Morgan fingerprint density at radius 2 is 2.24 bits per heavy atom. The quantitative estimate of drug-likeness (QED) is 0.847. The van der Waals surface area contributed by atoms with Crippen molar-refractivity contribution in [1.29, 1.82) is 0 Å². The molecule has 2 aliphatic carbocycles. The molecule has 6 heteroatoms. The van der Waals surface area contributed by atoms with Crippen LogP contribution in [0.4, 0.5) is 0 Å². The van der Waals surface area contributed by atoms with Gasteiger partial charge in [-0.25, -0.2) is 4.98 Å². The first-order valence-electron chi connectivity index (χ1n) is 7.45. The molecule has 21 heavy (non-hydrogen) atoms. The van der Waals surface area contributed by atoms with Crippen LogP contribution in [-0.2, 0) is 9.59 Å². The van der Waals surface area contributed by atoms with Crippen LogP contribution in [0, 0.1) is 18.3 Å². The van der Waals surface area contributed by atoms with Crippen molar-refractivity contribution in [1.82, 2.24) is 10.3 Å². The van der Waals surface area contributed by atoms with Gasteiger partial charge < -0.3 is 10.4 Å². The third-order valence-corrected chi connectivity index (χ3v) is 5.62. The number of carbonyl (C=O) groups is 2. The smallest absolute Gasteiger partial charge is 0.310 e. The van der Waals surface area contributed by atoms with Crippen LogP contribution in [0.2, 0.25) is 0 Å². The molecular weight excluding hydrogens is 288 g/mol. The van der Waals surface area contributed by atoms with Gasteiger partial charge in [0.15, 0.2) is 0 Å². The molecule has 1 unspecified atom stereocenters. The van der Waals surface area contributed by atoms with Gasteiger partial charge in [0.2, 0.25) is 5.91 Å². The first kappa shape index (κ1) is 14.5. The van der Waals surface area contributed by atoms with Crippen LogP contribution < -0.4 is 5.32 Å². The summed E-state index contributed by atoms with van der Waals surface area (Å²) in [6.07, 6.45) is 4.43. The Morgan fingerprint density at radius 1 is 1.52 bits per heavy atom. The molecule has 0 aromatic carbocycles. The number of nitrogens with one attached hydrogen (secondary N) is 1. The average molecular weight is 308 g/mol. The molecule has 1 aromatic rings. The molecule has 2 saturated carbocycles. The van der Waals surface area contributed by atoms with Crippen molar-refractivity contribution in [3.63, 3.8) is 0 Å². The predicted octanol–water partition coefficient (Wildman–Crippen LogP) is 2.66. The number of nitrogens with zero attached hydrogens (tertiary/aromatic N) is 1. The maximum atomic E-state index is 12.3. The second kappa shape index (κ2) is 5.40. The van der Waals surface area contributed by atoms with Gasteiger partial charge in [-0.15, -0.1) is 11.3 Å². The molecule has 0 radical (unpaired) electrons. The summed E-state index contributed by atoms with van der Waals surface area (Å²) >= 11 is 1.57. The van der Waals surface area contributed by atoms with Gasteiger partial charge in [0, 0.05) is 17.5 Å². The number of carboxylic acids is 1. The largest absolute Gasteiger partial charge is 0.481 e. The van der Waals surface area contributed by atoms with E-state index in [1.54, 1.807) is 11.3 Å². The standard InChI is InChI=1S/C15H20N2O3S/c1-9-8-21-13(16-9)12(10-3-4-10)17-11(18)7-15(14(19)20)5-2-6-15/h8,10,12H,2-7H2,1H3,(H,17,18)(H,19,20). The summed E-state index contributed by atoms with van der Waals surface area (Å²) in [6, 6.07) is -0.0397. The van der Waals surface area contributed by atoms with E-state index >= 15 is 0 Å². The molecular formula is C15H20N2O3S. The van der Waals surface area contributed by atoms with Crippen LogP contribution >= 0.6 is 11.3 Å². The van der Waals surface area contributed by atoms with E-state index in [1.807, 2.05) is 12.3 Å². The zero-order valence-corrected chi connectivity index (χ0v) is 12.9. The second-order valence-corrected chi connectivity index (χ2v) is 7.22. The molecule has 0 aliphatic heterocycles. The third kappa shape index (κ3) is 2.95. The Balaban J connectivity index is 1.66. The van der Waals surface area contributed by atoms with Crippen molar-refractivity contribution in [3.05, 3.63) is 16.1 Å². The number of aliphatic carboxylic acids is 1. The van der Waals surface area contributed by atoms with Crippen molar-refractivity contribution >= 4 is 23.2 Å². The van der Waals surface area contributed by atoms with Crippen LogP contribution in [0.5, 0.6) is 0 Å². The van der Waals surface area contributed by atoms with E-state index in [2.05, 4.69) is 10.3 Å². The van der Waals surface area contributed by atoms with Gasteiger partial charge in [0.05, 0.1) is 11.5 Å². The summed E-state index contributed by atoms with van der Waals surface area (Å²) in [4.78, 5) is 28.1. The lowest BCUT2D eigenvalue weighted by molar-refractivity contribution is -0.157. The summed E-state index contributed by atoms with van der Waals surface area (Å²) in [5.74, 6) is -0.527. The van der Waals surface area contributed by atoms with Gasteiger partial charge in [-0.1, -0.05) is 6.42 Å². The minimum atomic E-state index is -0.836. The Labute approximate surface area is 127 Å². The number of thiazole rings is 1. The van der Waals surface area contributed by atoms with E-state index in [-0.39, 0.29) is 18.4 Å². The van der Waals surface area contributed by atoms with E-state index in [9.17, 15) is 14.7 Å². The van der Waals surface area contributed by atoms with Crippen molar-refractivity contribution in [2.75, 3.05) is 0 Å². The highest BCUT2D eigenvalue weighted by Crippen LogP contribution is 2.45. The zero-order chi connectivity index (χ0) is 15.0. The molecule has 1 amide bonds.